The summed E-state index contributed by atoms with van der Waals surface area (Å²) in [5.41, 5.74) is 1.30. The molecule has 0 saturated carbocycles. The summed E-state index contributed by atoms with van der Waals surface area (Å²) in [6.07, 6.45) is 0.814. The normalized spacial score (nSPS) is 12.7. The van der Waals surface area contributed by atoms with Crippen molar-refractivity contribution >= 4 is 11.8 Å². The molecule has 90 valence electrons. The molecule has 16 heavy (non-hydrogen) atoms. The van der Waals surface area contributed by atoms with E-state index in [1.807, 2.05) is 11.8 Å². The van der Waals surface area contributed by atoms with Crippen LogP contribution < -0.4 is 5.32 Å². The quantitative estimate of drug-likeness (QED) is 0.567. The van der Waals surface area contributed by atoms with Crippen LogP contribution in [0, 0.1) is 0 Å². The lowest BCUT2D eigenvalue weighted by atomic mass is 10.1. The number of nitrogens with one attached hydrogen (secondary N) is 1. The van der Waals surface area contributed by atoms with Gasteiger partial charge in [0.1, 0.15) is 0 Å². The van der Waals surface area contributed by atoms with E-state index < -0.39 is 0 Å². The first-order chi connectivity index (χ1) is 7.77. The molecule has 2 N–H and O–H groups in total. The average Bonchev–Trinajstić information content (AvgIpc) is 2.30. The van der Waals surface area contributed by atoms with Gasteiger partial charge in [0.25, 0.3) is 0 Å². The smallest absolute Gasteiger partial charge is 0.0443 e. The Hall–Kier alpha value is -0.510. The maximum absolute atomic E-state index is 8.70. The summed E-state index contributed by atoms with van der Waals surface area (Å²) in [6.45, 7) is 5.44. The number of thioether (sulfide) groups is 1. The van der Waals surface area contributed by atoms with Crippen LogP contribution in [0.25, 0.3) is 0 Å². The Morgan fingerprint density at radius 1 is 1.31 bits per heavy atom. The molecule has 1 aromatic carbocycles. The molecule has 0 aliphatic heterocycles. The predicted molar refractivity (Wildman–Crippen MR) is 71.0 cm³/mol. The number of hydrogen-bond acceptors (Lipinski definition) is 3. The molecule has 3 heteroatoms. The highest BCUT2D eigenvalue weighted by molar-refractivity contribution is 7.99. The molecule has 0 heterocycles. The molecule has 1 unspecified atom stereocenters. The van der Waals surface area contributed by atoms with Gasteiger partial charge in [0.2, 0.25) is 0 Å². The Morgan fingerprint density at radius 3 is 2.56 bits per heavy atom. The zero-order chi connectivity index (χ0) is 11.8. The first kappa shape index (κ1) is 13.6. The van der Waals surface area contributed by atoms with Crippen molar-refractivity contribution in [2.75, 3.05) is 18.9 Å². The number of benzene rings is 1. The Morgan fingerprint density at radius 2 is 2.00 bits per heavy atom. The van der Waals surface area contributed by atoms with Crippen molar-refractivity contribution < 1.29 is 5.11 Å². The fraction of sp³-hybridized carbons (Fsp3) is 0.538. The average molecular weight is 239 g/mol. The standard InChI is InChI=1S/C13H21NOS/c1-3-16-13-7-5-12(6-8-13)11(2)14-9-4-10-15/h5-8,11,14-15H,3-4,9-10H2,1-2H3. The van der Waals surface area contributed by atoms with Gasteiger partial charge in [-0.1, -0.05) is 19.1 Å². The second-order valence-electron chi connectivity index (χ2n) is 3.76. The molecule has 0 spiro atoms. The third-order valence-corrected chi connectivity index (χ3v) is 3.37. The van der Waals surface area contributed by atoms with Crippen molar-refractivity contribution in [1.82, 2.24) is 5.32 Å². The summed E-state index contributed by atoms with van der Waals surface area (Å²) in [6, 6.07) is 9.05. The summed E-state index contributed by atoms with van der Waals surface area (Å²) < 4.78 is 0. The Bertz CT molecular complexity index is 286. The van der Waals surface area contributed by atoms with Crippen LogP contribution in [0.5, 0.6) is 0 Å². The van der Waals surface area contributed by atoms with Crippen LogP contribution in [-0.2, 0) is 0 Å². The minimum absolute atomic E-state index is 0.256. The van der Waals surface area contributed by atoms with Crippen LogP contribution in [0.2, 0.25) is 0 Å². The zero-order valence-corrected chi connectivity index (χ0v) is 10.9. The van der Waals surface area contributed by atoms with E-state index in [4.69, 9.17) is 5.11 Å². The van der Waals surface area contributed by atoms with E-state index in [0.29, 0.717) is 6.04 Å². The molecule has 0 aliphatic carbocycles. The van der Waals surface area contributed by atoms with Crippen LogP contribution in [0.3, 0.4) is 0 Å². The van der Waals surface area contributed by atoms with Crippen molar-refractivity contribution in [1.29, 1.82) is 0 Å². The van der Waals surface area contributed by atoms with Gasteiger partial charge < -0.3 is 10.4 Å². The van der Waals surface area contributed by atoms with Crippen molar-refractivity contribution in [2.45, 2.75) is 31.2 Å². The Balaban J connectivity index is 2.46. The minimum Gasteiger partial charge on any atom is -0.396 e. The summed E-state index contributed by atoms with van der Waals surface area (Å²) >= 11 is 1.86. The first-order valence-corrected chi connectivity index (χ1v) is 6.83. The van der Waals surface area contributed by atoms with Gasteiger partial charge in [0, 0.05) is 17.5 Å². The van der Waals surface area contributed by atoms with Crippen molar-refractivity contribution in [2.24, 2.45) is 0 Å². The number of aliphatic hydroxyl groups excluding tert-OH is 1. The van der Waals surface area contributed by atoms with Gasteiger partial charge in [-0.3, -0.25) is 0 Å². The van der Waals surface area contributed by atoms with E-state index in [1.54, 1.807) is 0 Å². The van der Waals surface area contributed by atoms with Gasteiger partial charge >= 0.3 is 0 Å². The van der Waals surface area contributed by atoms with Gasteiger partial charge in [-0.2, -0.15) is 0 Å². The topological polar surface area (TPSA) is 32.3 Å². The van der Waals surface area contributed by atoms with E-state index in [0.717, 1.165) is 18.7 Å². The van der Waals surface area contributed by atoms with Crippen LogP contribution >= 0.6 is 11.8 Å². The van der Waals surface area contributed by atoms with Crippen molar-refractivity contribution in [3.63, 3.8) is 0 Å². The molecular formula is C13H21NOS. The molecule has 1 rings (SSSR count). The van der Waals surface area contributed by atoms with Gasteiger partial charge in [-0.15, -0.1) is 11.8 Å². The molecule has 0 aromatic heterocycles. The minimum atomic E-state index is 0.256. The number of rotatable bonds is 7. The number of hydrogen-bond donors (Lipinski definition) is 2. The second kappa shape index (κ2) is 7.71. The third-order valence-electron chi connectivity index (χ3n) is 2.48. The van der Waals surface area contributed by atoms with E-state index in [2.05, 4.69) is 43.4 Å². The fourth-order valence-corrected chi connectivity index (χ4v) is 2.20. The van der Waals surface area contributed by atoms with E-state index in [9.17, 15) is 0 Å². The highest BCUT2D eigenvalue weighted by Crippen LogP contribution is 2.20. The molecule has 0 fully saturated rings. The van der Waals surface area contributed by atoms with E-state index >= 15 is 0 Å². The molecular weight excluding hydrogens is 218 g/mol. The van der Waals surface area contributed by atoms with Crippen molar-refractivity contribution in [3.8, 4) is 0 Å². The van der Waals surface area contributed by atoms with Crippen LogP contribution in [0.4, 0.5) is 0 Å². The van der Waals surface area contributed by atoms with Crippen molar-refractivity contribution in [3.05, 3.63) is 29.8 Å². The lowest BCUT2D eigenvalue weighted by Gasteiger charge is -2.14. The van der Waals surface area contributed by atoms with E-state index in [1.165, 1.54) is 10.5 Å². The molecule has 0 radical (unpaired) electrons. The SMILES string of the molecule is CCSc1ccc(C(C)NCCCO)cc1. The Kier molecular flexibility index (Phi) is 6.53. The third kappa shape index (κ3) is 4.56. The first-order valence-electron chi connectivity index (χ1n) is 5.85. The Labute approximate surface area is 102 Å². The summed E-state index contributed by atoms with van der Waals surface area (Å²) in [7, 11) is 0. The highest BCUT2D eigenvalue weighted by Gasteiger charge is 2.03. The largest absolute Gasteiger partial charge is 0.396 e. The number of aliphatic hydroxyl groups is 1. The molecule has 2 nitrogen and oxygen atoms in total. The predicted octanol–water partition coefficient (Wildman–Crippen LogP) is 2.83. The molecule has 1 atom stereocenters. The van der Waals surface area contributed by atoms with Gasteiger partial charge in [0.05, 0.1) is 0 Å². The monoisotopic (exact) mass is 239 g/mol. The lowest BCUT2D eigenvalue weighted by Crippen LogP contribution is -2.20. The maximum Gasteiger partial charge on any atom is 0.0443 e. The summed E-state index contributed by atoms with van der Waals surface area (Å²) in [4.78, 5) is 1.33. The zero-order valence-electron chi connectivity index (χ0n) is 10.1. The summed E-state index contributed by atoms with van der Waals surface area (Å²) in [5, 5.41) is 12.1. The fourth-order valence-electron chi connectivity index (χ4n) is 1.53. The highest BCUT2D eigenvalue weighted by atomic mass is 32.2. The summed E-state index contributed by atoms with van der Waals surface area (Å²) in [5.74, 6) is 1.11. The molecule has 1 aromatic rings. The molecule has 0 aliphatic rings. The lowest BCUT2D eigenvalue weighted by molar-refractivity contribution is 0.284. The van der Waals surface area contributed by atoms with Crippen LogP contribution in [0.1, 0.15) is 31.9 Å². The van der Waals surface area contributed by atoms with Gasteiger partial charge in [-0.05, 0) is 43.3 Å². The second-order valence-corrected chi connectivity index (χ2v) is 5.09. The maximum atomic E-state index is 8.70. The molecule has 0 amide bonds. The molecule has 0 saturated heterocycles. The van der Waals surface area contributed by atoms with Gasteiger partial charge in [-0.25, -0.2) is 0 Å². The van der Waals surface area contributed by atoms with E-state index in [-0.39, 0.29) is 6.61 Å². The molecule has 0 bridgehead atoms. The van der Waals surface area contributed by atoms with Gasteiger partial charge in [0.15, 0.2) is 0 Å². The van der Waals surface area contributed by atoms with Crippen LogP contribution in [-0.4, -0.2) is 24.0 Å². The van der Waals surface area contributed by atoms with Crippen LogP contribution in [0.15, 0.2) is 29.2 Å².